The summed E-state index contributed by atoms with van der Waals surface area (Å²) in [4.78, 5) is 22.0. The maximum Gasteiger partial charge on any atom is 0.225 e. The zero-order valence-corrected chi connectivity index (χ0v) is 13.4. The normalized spacial score (nSPS) is 18.3. The molecule has 1 fully saturated rings. The van der Waals surface area contributed by atoms with Crippen LogP contribution in [0, 0.1) is 13.8 Å². The number of hydrogen-bond acceptors (Lipinski definition) is 6. The van der Waals surface area contributed by atoms with Crippen LogP contribution in [0.15, 0.2) is 24.7 Å². The minimum absolute atomic E-state index is 0.394. The number of aromatic nitrogens is 4. The fourth-order valence-electron chi connectivity index (χ4n) is 2.86. The molecule has 1 aliphatic rings. The van der Waals surface area contributed by atoms with Gasteiger partial charge in [0.2, 0.25) is 5.95 Å². The molecule has 0 bridgehead atoms. The van der Waals surface area contributed by atoms with Gasteiger partial charge in [-0.1, -0.05) is 0 Å². The number of anilines is 2. The maximum absolute atomic E-state index is 4.53. The Labute approximate surface area is 131 Å². The summed E-state index contributed by atoms with van der Waals surface area (Å²) in [6, 6.07) is 4.37. The van der Waals surface area contributed by atoms with Gasteiger partial charge in [-0.05, 0) is 32.8 Å². The second-order valence-electron chi connectivity index (χ2n) is 5.87. The third-order valence-electron chi connectivity index (χ3n) is 4.16. The van der Waals surface area contributed by atoms with Crippen molar-refractivity contribution in [1.29, 1.82) is 0 Å². The molecular formula is C16H22N6. The van der Waals surface area contributed by atoms with Crippen LogP contribution in [-0.2, 0) is 0 Å². The molecule has 0 aliphatic carbocycles. The van der Waals surface area contributed by atoms with Crippen molar-refractivity contribution in [2.75, 3.05) is 29.9 Å². The summed E-state index contributed by atoms with van der Waals surface area (Å²) >= 11 is 0. The van der Waals surface area contributed by atoms with E-state index in [0.29, 0.717) is 6.04 Å². The fraction of sp³-hybridized carbons (Fsp3) is 0.500. The van der Waals surface area contributed by atoms with Crippen LogP contribution in [0.3, 0.4) is 0 Å². The summed E-state index contributed by atoms with van der Waals surface area (Å²) < 4.78 is 0. The topological polar surface area (TPSA) is 58.0 Å². The molecule has 0 spiro atoms. The van der Waals surface area contributed by atoms with Gasteiger partial charge in [0.15, 0.2) is 0 Å². The molecule has 1 atom stereocenters. The molecule has 0 amide bonds. The van der Waals surface area contributed by atoms with Crippen LogP contribution in [0.5, 0.6) is 0 Å². The van der Waals surface area contributed by atoms with Crippen molar-refractivity contribution < 1.29 is 0 Å². The predicted octanol–water partition coefficient (Wildman–Crippen LogP) is 1.99. The Morgan fingerprint density at radius 2 is 2.05 bits per heavy atom. The van der Waals surface area contributed by atoms with Gasteiger partial charge < -0.3 is 9.80 Å². The summed E-state index contributed by atoms with van der Waals surface area (Å²) in [6.07, 6.45) is 5.75. The lowest BCUT2D eigenvalue weighted by Gasteiger charge is -2.38. The van der Waals surface area contributed by atoms with E-state index in [4.69, 9.17) is 0 Å². The molecule has 1 unspecified atom stereocenters. The van der Waals surface area contributed by atoms with Crippen molar-refractivity contribution in [2.45, 2.75) is 32.7 Å². The summed E-state index contributed by atoms with van der Waals surface area (Å²) in [6.45, 7) is 5.97. The summed E-state index contributed by atoms with van der Waals surface area (Å²) in [7, 11) is 2.08. The second kappa shape index (κ2) is 6.25. The lowest BCUT2D eigenvalue weighted by atomic mass is 10.0. The van der Waals surface area contributed by atoms with Crippen LogP contribution < -0.4 is 9.80 Å². The number of nitrogens with zero attached hydrogens (tertiary/aromatic N) is 6. The lowest BCUT2D eigenvalue weighted by molar-refractivity contribution is 0.480. The van der Waals surface area contributed by atoms with E-state index in [1.54, 1.807) is 6.33 Å². The highest BCUT2D eigenvalue weighted by Gasteiger charge is 2.25. The first-order valence-corrected chi connectivity index (χ1v) is 7.69. The first-order chi connectivity index (χ1) is 10.6. The Morgan fingerprint density at radius 3 is 2.82 bits per heavy atom. The van der Waals surface area contributed by atoms with E-state index in [1.165, 1.54) is 0 Å². The summed E-state index contributed by atoms with van der Waals surface area (Å²) in [5.74, 6) is 1.81. The van der Waals surface area contributed by atoms with Crippen LogP contribution in [0.4, 0.5) is 11.8 Å². The molecule has 0 N–H and O–H groups in total. The molecule has 6 nitrogen and oxygen atoms in total. The molecule has 1 saturated heterocycles. The fourth-order valence-corrected chi connectivity index (χ4v) is 2.86. The SMILES string of the molecule is Cc1cc(N2CCCC(N(C)c3nccc(C)n3)C2)ncn1. The molecule has 116 valence electrons. The lowest BCUT2D eigenvalue weighted by Crippen LogP contribution is -2.47. The number of piperidine rings is 1. The molecule has 3 heterocycles. The van der Waals surface area contributed by atoms with Gasteiger partial charge >= 0.3 is 0 Å². The highest BCUT2D eigenvalue weighted by molar-refractivity contribution is 5.41. The van der Waals surface area contributed by atoms with Crippen LogP contribution in [0.25, 0.3) is 0 Å². The zero-order valence-electron chi connectivity index (χ0n) is 13.4. The highest BCUT2D eigenvalue weighted by atomic mass is 15.3. The minimum Gasteiger partial charge on any atom is -0.354 e. The van der Waals surface area contributed by atoms with Crippen molar-refractivity contribution >= 4 is 11.8 Å². The van der Waals surface area contributed by atoms with E-state index < -0.39 is 0 Å². The van der Waals surface area contributed by atoms with Crippen molar-refractivity contribution in [3.05, 3.63) is 36.0 Å². The van der Waals surface area contributed by atoms with Crippen LogP contribution in [-0.4, -0.2) is 46.1 Å². The van der Waals surface area contributed by atoms with Gasteiger partial charge in [0.1, 0.15) is 12.1 Å². The van der Waals surface area contributed by atoms with Crippen molar-refractivity contribution in [2.24, 2.45) is 0 Å². The van der Waals surface area contributed by atoms with Gasteiger partial charge in [-0.25, -0.2) is 19.9 Å². The molecule has 3 rings (SSSR count). The average molecular weight is 298 g/mol. The predicted molar refractivity (Wildman–Crippen MR) is 87.2 cm³/mol. The summed E-state index contributed by atoms with van der Waals surface area (Å²) in [5, 5.41) is 0. The Hall–Kier alpha value is -2.24. The van der Waals surface area contributed by atoms with Crippen molar-refractivity contribution in [1.82, 2.24) is 19.9 Å². The van der Waals surface area contributed by atoms with E-state index >= 15 is 0 Å². The van der Waals surface area contributed by atoms with Gasteiger partial charge in [-0.15, -0.1) is 0 Å². The van der Waals surface area contributed by atoms with Crippen LogP contribution in [0.1, 0.15) is 24.2 Å². The quantitative estimate of drug-likeness (QED) is 0.863. The van der Waals surface area contributed by atoms with Crippen LogP contribution in [0.2, 0.25) is 0 Å². The Kier molecular flexibility index (Phi) is 4.18. The van der Waals surface area contributed by atoms with E-state index in [0.717, 1.165) is 49.1 Å². The zero-order chi connectivity index (χ0) is 15.5. The maximum atomic E-state index is 4.53. The van der Waals surface area contributed by atoms with E-state index in [1.807, 2.05) is 32.2 Å². The first kappa shape index (κ1) is 14.7. The number of rotatable bonds is 3. The van der Waals surface area contributed by atoms with Gasteiger partial charge in [-0.3, -0.25) is 0 Å². The number of aryl methyl sites for hydroxylation is 2. The molecule has 0 radical (unpaired) electrons. The highest BCUT2D eigenvalue weighted by Crippen LogP contribution is 2.22. The second-order valence-corrected chi connectivity index (χ2v) is 5.87. The first-order valence-electron chi connectivity index (χ1n) is 7.69. The molecule has 22 heavy (non-hydrogen) atoms. The van der Waals surface area contributed by atoms with Gasteiger partial charge in [0, 0.05) is 49.8 Å². The Bertz CT molecular complexity index is 601. The van der Waals surface area contributed by atoms with Crippen LogP contribution >= 0.6 is 0 Å². The number of hydrogen-bond donors (Lipinski definition) is 0. The molecule has 0 saturated carbocycles. The van der Waals surface area contributed by atoms with E-state index in [2.05, 4.69) is 36.8 Å². The van der Waals surface area contributed by atoms with Gasteiger partial charge in [-0.2, -0.15) is 0 Å². The van der Waals surface area contributed by atoms with Crippen molar-refractivity contribution in [3.63, 3.8) is 0 Å². The molecule has 0 aromatic carbocycles. The van der Waals surface area contributed by atoms with Gasteiger partial charge in [0.05, 0.1) is 0 Å². The third-order valence-corrected chi connectivity index (χ3v) is 4.16. The molecule has 1 aliphatic heterocycles. The molecular weight excluding hydrogens is 276 g/mol. The Morgan fingerprint density at radius 1 is 1.18 bits per heavy atom. The molecule has 6 heteroatoms. The Balaban J connectivity index is 1.75. The van der Waals surface area contributed by atoms with E-state index in [-0.39, 0.29) is 0 Å². The monoisotopic (exact) mass is 298 g/mol. The standard InChI is InChI=1S/C16H22N6/c1-12-6-7-17-16(20-12)21(3)14-5-4-8-22(10-14)15-9-13(2)18-11-19-15/h6-7,9,11,14H,4-5,8,10H2,1-3H3. The average Bonchev–Trinajstić information content (AvgIpc) is 2.54. The largest absolute Gasteiger partial charge is 0.354 e. The van der Waals surface area contributed by atoms with Crippen molar-refractivity contribution in [3.8, 4) is 0 Å². The smallest absolute Gasteiger partial charge is 0.225 e. The molecule has 2 aromatic rings. The third kappa shape index (κ3) is 3.16. The number of likely N-dealkylation sites (N-methyl/N-ethyl adjacent to an activating group) is 1. The van der Waals surface area contributed by atoms with E-state index in [9.17, 15) is 0 Å². The molecule has 2 aromatic heterocycles. The minimum atomic E-state index is 0.394. The van der Waals surface area contributed by atoms with Gasteiger partial charge in [0.25, 0.3) is 0 Å². The summed E-state index contributed by atoms with van der Waals surface area (Å²) in [5.41, 5.74) is 2.00.